The average molecular weight is 462 g/mol. The molecule has 2 aromatic carbocycles. The summed E-state index contributed by atoms with van der Waals surface area (Å²) in [6.07, 6.45) is 4.60. The Labute approximate surface area is 197 Å². The zero-order chi connectivity index (χ0) is 24.1. The summed E-state index contributed by atoms with van der Waals surface area (Å²) in [7, 11) is 1.60. The van der Waals surface area contributed by atoms with Crippen molar-refractivity contribution in [2.45, 2.75) is 31.6 Å². The number of benzene rings is 2. The van der Waals surface area contributed by atoms with Gasteiger partial charge in [-0.15, -0.1) is 0 Å². The van der Waals surface area contributed by atoms with Gasteiger partial charge >= 0.3 is 0 Å². The molecule has 1 saturated carbocycles. The third-order valence-corrected chi connectivity index (χ3v) is 5.17. The van der Waals surface area contributed by atoms with Crippen LogP contribution in [0.25, 0.3) is 0 Å². The second-order valence-electron chi connectivity index (χ2n) is 8.13. The van der Waals surface area contributed by atoms with Crippen molar-refractivity contribution in [2.24, 2.45) is 4.99 Å². The molecule has 2 aliphatic rings. The number of aliphatic imine (C=N–C) groups is 1. The zero-order valence-electron chi connectivity index (χ0n) is 19.1. The van der Waals surface area contributed by atoms with Crippen LogP contribution in [0.4, 0.5) is 11.4 Å². The zero-order valence-corrected chi connectivity index (χ0v) is 19.1. The minimum Gasteiger partial charge on any atom is -0.497 e. The number of nitrogens with one attached hydrogen (secondary N) is 4. The molecule has 0 saturated heterocycles. The van der Waals surface area contributed by atoms with Crippen molar-refractivity contribution in [2.75, 3.05) is 17.7 Å². The standard InChI is InChI=1S/C25H27N5O4/c1-4-22(31)27-17-7-5-10-20(13-17)34-24-21(23(32)28-16-11-12-16)15-26-25(2,30-24)29-18-8-6-9-19(14-18)33-3/h4-10,13-16,29-30H,1,11-12H2,2-3H3,(H,27,31)(H,28,32). The number of methoxy groups -OCH3 is 1. The number of ether oxygens (including phenoxy) is 2. The average Bonchev–Trinajstić information content (AvgIpc) is 3.63. The molecule has 176 valence electrons. The summed E-state index contributed by atoms with van der Waals surface area (Å²) in [5.41, 5.74) is 1.58. The number of carbonyl (C=O) groups is 2. The summed E-state index contributed by atoms with van der Waals surface area (Å²) >= 11 is 0. The lowest BCUT2D eigenvalue weighted by Crippen LogP contribution is -2.51. The van der Waals surface area contributed by atoms with Crippen LogP contribution in [0.5, 0.6) is 11.5 Å². The number of amides is 2. The normalized spacial score (nSPS) is 19.0. The van der Waals surface area contributed by atoms with Crippen LogP contribution in [0.1, 0.15) is 19.8 Å². The summed E-state index contributed by atoms with van der Waals surface area (Å²) in [6.45, 7) is 5.28. The van der Waals surface area contributed by atoms with Gasteiger partial charge in [-0.1, -0.05) is 18.7 Å². The molecular weight excluding hydrogens is 434 g/mol. The molecule has 4 N–H and O–H groups in total. The van der Waals surface area contributed by atoms with Crippen LogP contribution in [0, 0.1) is 0 Å². The van der Waals surface area contributed by atoms with Gasteiger partial charge in [-0.3, -0.25) is 9.59 Å². The van der Waals surface area contributed by atoms with Gasteiger partial charge in [0.15, 0.2) is 0 Å². The first kappa shape index (κ1) is 22.9. The molecule has 4 rings (SSSR count). The maximum Gasteiger partial charge on any atom is 0.258 e. The van der Waals surface area contributed by atoms with Crippen molar-refractivity contribution in [3.8, 4) is 11.5 Å². The Morgan fingerprint density at radius 2 is 1.85 bits per heavy atom. The van der Waals surface area contributed by atoms with Crippen LogP contribution < -0.4 is 30.7 Å². The highest BCUT2D eigenvalue weighted by atomic mass is 16.5. The number of rotatable bonds is 9. The Balaban J connectivity index is 1.59. The highest BCUT2D eigenvalue weighted by Crippen LogP contribution is 2.27. The molecule has 0 aromatic heterocycles. The second-order valence-corrected chi connectivity index (χ2v) is 8.13. The molecule has 1 heterocycles. The van der Waals surface area contributed by atoms with Crippen molar-refractivity contribution in [3.05, 3.63) is 72.6 Å². The van der Waals surface area contributed by atoms with E-state index in [9.17, 15) is 9.59 Å². The van der Waals surface area contributed by atoms with E-state index in [1.165, 1.54) is 12.3 Å². The molecule has 1 aliphatic heterocycles. The predicted octanol–water partition coefficient (Wildman–Crippen LogP) is 3.15. The van der Waals surface area contributed by atoms with Gasteiger partial charge in [0.05, 0.1) is 7.11 Å². The van der Waals surface area contributed by atoms with Gasteiger partial charge < -0.3 is 30.7 Å². The minimum atomic E-state index is -1.00. The maximum absolute atomic E-state index is 12.9. The molecule has 2 aromatic rings. The first-order chi connectivity index (χ1) is 16.4. The summed E-state index contributed by atoms with van der Waals surface area (Å²) in [5.74, 6) is -0.242. The SMILES string of the molecule is C=CC(=O)Nc1cccc(OC2=C(C(=O)NC3CC3)C=NC(C)(Nc3cccc(OC)c3)N2)c1. The Kier molecular flexibility index (Phi) is 6.53. The summed E-state index contributed by atoms with van der Waals surface area (Å²) in [4.78, 5) is 29.1. The van der Waals surface area contributed by atoms with Gasteiger partial charge in [-0.2, -0.15) is 0 Å². The Morgan fingerprint density at radius 1 is 1.15 bits per heavy atom. The van der Waals surface area contributed by atoms with Gasteiger partial charge in [0.2, 0.25) is 17.6 Å². The third-order valence-electron chi connectivity index (χ3n) is 5.17. The first-order valence-corrected chi connectivity index (χ1v) is 10.9. The highest BCUT2D eigenvalue weighted by Gasteiger charge is 2.33. The van der Waals surface area contributed by atoms with Crippen molar-refractivity contribution in [3.63, 3.8) is 0 Å². The number of anilines is 2. The molecule has 0 spiro atoms. The van der Waals surface area contributed by atoms with E-state index in [-0.39, 0.29) is 29.3 Å². The smallest absolute Gasteiger partial charge is 0.258 e. The van der Waals surface area contributed by atoms with Crippen molar-refractivity contribution in [1.82, 2.24) is 10.6 Å². The van der Waals surface area contributed by atoms with E-state index in [4.69, 9.17) is 9.47 Å². The molecule has 1 aliphatic carbocycles. The van der Waals surface area contributed by atoms with Gasteiger partial charge in [0.1, 0.15) is 17.1 Å². The molecule has 1 fully saturated rings. The molecule has 34 heavy (non-hydrogen) atoms. The van der Waals surface area contributed by atoms with Gasteiger partial charge in [-0.05, 0) is 50.1 Å². The van der Waals surface area contributed by atoms with E-state index in [1.54, 1.807) is 31.4 Å². The molecule has 9 heteroatoms. The molecular formula is C25H27N5O4. The van der Waals surface area contributed by atoms with E-state index in [2.05, 4.69) is 32.8 Å². The quantitative estimate of drug-likeness (QED) is 0.427. The van der Waals surface area contributed by atoms with E-state index >= 15 is 0 Å². The Morgan fingerprint density at radius 3 is 2.56 bits per heavy atom. The third kappa shape index (κ3) is 5.74. The van der Waals surface area contributed by atoms with Gasteiger partial charge in [0.25, 0.3) is 5.91 Å². The fourth-order valence-corrected chi connectivity index (χ4v) is 3.30. The topological polar surface area (TPSA) is 113 Å². The summed E-state index contributed by atoms with van der Waals surface area (Å²) < 4.78 is 11.4. The van der Waals surface area contributed by atoms with Crippen LogP contribution >= 0.6 is 0 Å². The van der Waals surface area contributed by atoms with E-state index in [1.807, 2.05) is 31.2 Å². The number of nitrogens with zero attached hydrogens (tertiary/aromatic N) is 1. The van der Waals surface area contributed by atoms with Crippen LogP contribution in [0.3, 0.4) is 0 Å². The number of hydrogen-bond donors (Lipinski definition) is 4. The van der Waals surface area contributed by atoms with Crippen molar-refractivity contribution < 1.29 is 19.1 Å². The van der Waals surface area contributed by atoms with Crippen LogP contribution in [0.15, 0.2) is 77.6 Å². The van der Waals surface area contributed by atoms with Crippen LogP contribution in [-0.4, -0.2) is 37.0 Å². The van der Waals surface area contributed by atoms with Crippen LogP contribution in [-0.2, 0) is 9.59 Å². The monoisotopic (exact) mass is 461 g/mol. The van der Waals surface area contributed by atoms with Crippen molar-refractivity contribution >= 4 is 29.4 Å². The van der Waals surface area contributed by atoms with E-state index in [0.717, 1.165) is 18.5 Å². The molecule has 0 radical (unpaired) electrons. The Hall–Kier alpha value is -4.27. The highest BCUT2D eigenvalue weighted by molar-refractivity contribution is 6.13. The first-order valence-electron chi connectivity index (χ1n) is 10.9. The lowest BCUT2D eigenvalue weighted by molar-refractivity contribution is -0.117. The predicted molar refractivity (Wildman–Crippen MR) is 131 cm³/mol. The largest absolute Gasteiger partial charge is 0.497 e. The van der Waals surface area contributed by atoms with E-state index < -0.39 is 5.79 Å². The minimum absolute atomic E-state index is 0.176. The Bertz CT molecular complexity index is 1170. The summed E-state index contributed by atoms with van der Waals surface area (Å²) in [5, 5.41) is 12.2. The lowest BCUT2D eigenvalue weighted by Gasteiger charge is -2.34. The van der Waals surface area contributed by atoms with Crippen LogP contribution in [0.2, 0.25) is 0 Å². The maximum atomic E-state index is 12.9. The molecule has 1 atom stereocenters. The fraction of sp³-hybridized carbons (Fsp3) is 0.240. The molecule has 9 nitrogen and oxygen atoms in total. The van der Waals surface area contributed by atoms with Gasteiger partial charge in [-0.25, -0.2) is 4.99 Å². The van der Waals surface area contributed by atoms with E-state index in [0.29, 0.717) is 17.2 Å². The molecule has 1 unspecified atom stereocenters. The number of carbonyl (C=O) groups excluding carboxylic acids is 2. The lowest BCUT2D eigenvalue weighted by atomic mass is 10.2. The summed E-state index contributed by atoms with van der Waals surface area (Å²) in [6, 6.07) is 14.5. The molecule has 2 amide bonds. The van der Waals surface area contributed by atoms with Crippen molar-refractivity contribution in [1.29, 1.82) is 0 Å². The second kappa shape index (κ2) is 9.70. The molecule has 0 bridgehead atoms. The fourth-order valence-electron chi connectivity index (χ4n) is 3.30. The van der Waals surface area contributed by atoms with Gasteiger partial charge in [0, 0.05) is 35.8 Å². The number of hydrogen-bond acceptors (Lipinski definition) is 7.